The molecule has 33 heavy (non-hydrogen) atoms. The molecular weight excluding hydrogens is 433 g/mol. The van der Waals surface area contributed by atoms with Crippen LogP contribution in [0.15, 0.2) is 97.5 Å². The molecule has 0 fully saturated rings. The quantitative estimate of drug-likeness (QED) is 0.296. The minimum absolute atomic E-state index is 0.305. The first-order valence-electron chi connectivity index (χ1n) is 10.8. The van der Waals surface area contributed by atoms with E-state index >= 15 is 4.39 Å². The summed E-state index contributed by atoms with van der Waals surface area (Å²) in [6, 6.07) is 24.2. The van der Waals surface area contributed by atoms with Crippen LogP contribution in [-0.4, -0.2) is 15.0 Å². The van der Waals surface area contributed by atoms with E-state index in [-0.39, 0.29) is 5.82 Å². The number of rotatable bonds is 4. The third-order valence-electron chi connectivity index (χ3n) is 5.16. The van der Waals surface area contributed by atoms with Crippen LogP contribution in [0.3, 0.4) is 0 Å². The number of pyridine rings is 2. The van der Waals surface area contributed by atoms with Gasteiger partial charge in [0.05, 0.1) is 11.4 Å². The maximum absolute atomic E-state index is 15.3. The van der Waals surface area contributed by atoms with Crippen molar-refractivity contribution in [1.82, 2.24) is 15.0 Å². The molecule has 0 bridgehead atoms. The van der Waals surface area contributed by atoms with Gasteiger partial charge in [-0.05, 0) is 54.1 Å². The molecule has 0 aliphatic rings. The van der Waals surface area contributed by atoms with E-state index in [4.69, 9.17) is 11.6 Å². The lowest BCUT2D eigenvalue weighted by Gasteiger charge is -2.08. The number of nitrogens with zero attached hydrogens (tertiary/aromatic N) is 2. The zero-order valence-corrected chi connectivity index (χ0v) is 19.1. The summed E-state index contributed by atoms with van der Waals surface area (Å²) in [5.74, 6) is -0.305. The molecule has 1 N–H and O–H groups in total. The summed E-state index contributed by atoms with van der Waals surface area (Å²) >= 11 is 6.04. The van der Waals surface area contributed by atoms with Crippen molar-refractivity contribution in [3.8, 4) is 44.9 Å². The van der Waals surface area contributed by atoms with Crippen LogP contribution < -0.4 is 0 Å². The van der Waals surface area contributed by atoms with Crippen LogP contribution in [0.5, 0.6) is 0 Å². The van der Waals surface area contributed by atoms with Gasteiger partial charge in [-0.25, -0.2) is 4.39 Å². The van der Waals surface area contributed by atoms with Gasteiger partial charge in [-0.2, -0.15) is 0 Å². The van der Waals surface area contributed by atoms with Crippen molar-refractivity contribution in [2.24, 2.45) is 0 Å². The summed E-state index contributed by atoms with van der Waals surface area (Å²) in [6.45, 7) is 4.00. The van der Waals surface area contributed by atoms with Crippen molar-refractivity contribution in [2.75, 3.05) is 0 Å². The molecule has 5 aromatic rings. The number of hydrogen-bond donors (Lipinski definition) is 1. The highest BCUT2D eigenvalue weighted by atomic mass is 35.5. The first-order chi connectivity index (χ1) is 16.2. The molecule has 0 atom stereocenters. The van der Waals surface area contributed by atoms with E-state index < -0.39 is 0 Å². The van der Waals surface area contributed by atoms with Crippen molar-refractivity contribution in [3.05, 3.63) is 108 Å². The molecule has 0 saturated heterocycles. The van der Waals surface area contributed by atoms with Gasteiger partial charge in [-0.3, -0.25) is 9.97 Å². The number of H-pyrrole nitrogens is 1. The van der Waals surface area contributed by atoms with Crippen LogP contribution in [-0.2, 0) is 0 Å². The maximum atomic E-state index is 15.3. The Morgan fingerprint density at radius 1 is 0.727 bits per heavy atom. The fourth-order valence-corrected chi connectivity index (χ4v) is 3.75. The van der Waals surface area contributed by atoms with E-state index in [0.29, 0.717) is 10.6 Å². The van der Waals surface area contributed by atoms with Crippen molar-refractivity contribution in [2.45, 2.75) is 13.8 Å². The molecule has 0 aliphatic carbocycles. The lowest BCUT2D eigenvalue weighted by Crippen LogP contribution is -1.89. The summed E-state index contributed by atoms with van der Waals surface area (Å²) in [5.41, 5.74) is 6.38. The molecule has 0 saturated carbocycles. The zero-order chi connectivity index (χ0) is 23.2. The molecule has 0 unspecified atom stereocenters. The van der Waals surface area contributed by atoms with E-state index in [1.165, 1.54) is 6.07 Å². The molecule has 0 radical (unpaired) electrons. The molecule has 3 nitrogen and oxygen atoms in total. The zero-order valence-electron chi connectivity index (χ0n) is 18.4. The Kier molecular flexibility index (Phi) is 6.96. The van der Waals surface area contributed by atoms with Gasteiger partial charge in [0, 0.05) is 51.6 Å². The number of aromatic nitrogens is 3. The SMILES string of the molecule is CC.Fc1cc(-c2ccccn2)ccc1-c1cc(-c2ccc(Cl)cc2)[nH]c1-c1ccncc1. The second-order valence-corrected chi connectivity index (χ2v) is 7.56. The molecule has 5 heteroatoms. The number of benzene rings is 2. The highest BCUT2D eigenvalue weighted by Gasteiger charge is 2.17. The number of halogens is 2. The van der Waals surface area contributed by atoms with Gasteiger partial charge in [-0.1, -0.05) is 55.8 Å². The average Bonchev–Trinajstić information content (AvgIpc) is 3.32. The summed E-state index contributed by atoms with van der Waals surface area (Å²) in [5, 5.41) is 0.668. The van der Waals surface area contributed by atoms with Crippen LogP contribution in [0.4, 0.5) is 4.39 Å². The number of hydrogen-bond acceptors (Lipinski definition) is 2. The standard InChI is InChI=1S/C26H17ClFN3.C2H6/c27-20-7-4-17(5-8-20)25-16-22(26(31-25)18-10-13-29-14-11-18)21-9-6-19(15-23(21)28)24-3-1-2-12-30-24;1-2/h1-16,31H;1-2H3. The lowest BCUT2D eigenvalue weighted by molar-refractivity contribution is 0.632. The lowest BCUT2D eigenvalue weighted by atomic mass is 9.99. The topological polar surface area (TPSA) is 41.6 Å². The van der Waals surface area contributed by atoms with Crippen molar-refractivity contribution >= 4 is 11.6 Å². The van der Waals surface area contributed by atoms with E-state index in [2.05, 4.69) is 15.0 Å². The summed E-state index contributed by atoms with van der Waals surface area (Å²) in [7, 11) is 0. The number of nitrogens with one attached hydrogen (secondary N) is 1. The molecule has 0 amide bonds. The fourth-order valence-electron chi connectivity index (χ4n) is 3.62. The van der Waals surface area contributed by atoms with Gasteiger partial charge >= 0.3 is 0 Å². The first kappa shape index (κ1) is 22.4. The molecule has 0 aliphatic heterocycles. The summed E-state index contributed by atoms with van der Waals surface area (Å²) < 4.78 is 15.3. The van der Waals surface area contributed by atoms with E-state index in [9.17, 15) is 0 Å². The minimum atomic E-state index is -0.305. The normalized spacial score (nSPS) is 10.4. The maximum Gasteiger partial charge on any atom is 0.131 e. The second kappa shape index (κ2) is 10.2. The monoisotopic (exact) mass is 455 g/mol. The highest BCUT2D eigenvalue weighted by Crippen LogP contribution is 2.38. The van der Waals surface area contributed by atoms with Crippen molar-refractivity contribution in [3.63, 3.8) is 0 Å². The summed E-state index contributed by atoms with van der Waals surface area (Å²) in [4.78, 5) is 11.9. The third-order valence-corrected chi connectivity index (χ3v) is 5.41. The molecular formula is C28H23ClFN3. The Bertz CT molecular complexity index is 1330. The Hall–Kier alpha value is -3.76. The largest absolute Gasteiger partial charge is 0.354 e. The fraction of sp³-hybridized carbons (Fsp3) is 0.0714. The second-order valence-electron chi connectivity index (χ2n) is 7.12. The van der Waals surface area contributed by atoms with Gasteiger partial charge in [-0.15, -0.1) is 0 Å². The van der Waals surface area contributed by atoms with Gasteiger partial charge < -0.3 is 4.98 Å². The van der Waals surface area contributed by atoms with Crippen molar-refractivity contribution < 1.29 is 4.39 Å². The summed E-state index contributed by atoms with van der Waals surface area (Å²) in [6.07, 6.45) is 5.15. The average molecular weight is 456 g/mol. The first-order valence-corrected chi connectivity index (χ1v) is 11.2. The predicted molar refractivity (Wildman–Crippen MR) is 134 cm³/mol. The van der Waals surface area contributed by atoms with Crippen LogP contribution in [0, 0.1) is 5.82 Å². The van der Waals surface area contributed by atoms with E-state index in [0.717, 1.165) is 39.3 Å². The molecule has 2 aromatic carbocycles. The van der Waals surface area contributed by atoms with Crippen LogP contribution in [0.1, 0.15) is 13.8 Å². The van der Waals surface area contributed by atoms with Crippen LogP contribution in [0.25, 0.3) is 44.9 Å². The van der Waals surface area contributed by atoms with Gasteiger partial charge in [0.2, 0.25) is 0 Å². The molecule has 3 heterocycles. The predicted octanol–water partition coefficient (Wildman–Crippen LogP) is 8.29. The Labute approximate surface area is 198 Å². The van der Waals surface area contributed by atoms with Crippen LogP contribution in [0.2, 0.25) is 5.02 Å². The highest BCUT2D eigenvalue weighted by molar-refractivity contribution is 6.30. The molecule has 5 rings (SSSR count). The van der Waals surface area contributed by atoms with Gasteiger partial charge in [0.1, 0.15) is 5.82 Å². The Morgan fingerprint density at radius 3 is 2.12 bits per heavy atom. The smallest absolute Gasteiger partial charge is 0.131 e. The molecule has 3 aromatic heterocycles. The Balaban J connectivity index is 0.00000126. The Morgan fingerprint density at radius 2 is 1.45 bits per heavy atom. The van der Waals surface area contributed by atoms with Gasteiger partial charge in [0.15, 0.2) is 0 Å². The minimum Gasteiger partial charge on any atom is -0.354 e. The number of aromatic amines is 1. The van der Waals surface area contributed by atoms with E-state index in [1.807, 2.05) is 80.6 Å². The van der Waals surface area contributed by atoms with Crippen LogP contribution >= 0.6 is 11.6 Å². The van der Waals surface area contributed by atoms with E-state index in [1.54, 1.807) is 24.7 Å². The van der Waals surface area contributed by atoms with Crippen molar-refractivity contribution in [1.29, 1.82) is 0 Å². The third kappa shape index (κ3) is 4.86. The molecule has 164 valence electrons. The molecule has 0 spiro atoms. The van der Waals surface area contributed by atoms with Gasteiger partial charge in [0.25, 0.3) is 0 Å².